The van der Waals surface area contributed by atoms with Crippen molar-refractivity contribution in [2.75, 3.05) is 11.1 Å². The van der Waals surface area contributed by atoms with E-state index in [4.69, 9.17) is 5.73 Å². The van der Waals surface area contributed by atoms with Crippen LogP contribution in [0.2, 0.25) is 0 Å². The second-order valence-corrected chi connectivity index (χ2v) is 2.88. The van der Waals surface area contributed by atoms with Crippen LogP contribution in [0.3, 0.4) is 0 Å². The highest BCUT2D eigenvalue weighted by Gasteiger charge is 2.17. The first-order valence-electron chi connectivity index (χ1n) is 4.08. The Hall–Kier alpha value is -2.38. The maximum absolute atomic E-state index is 11.5. The number of nitrogen functional groups attached to an aromatic ring is 1. The number of amides is 1. The lowest BCUT2D eigenvalue weighted by molar-refractivity contribution is 0.101. The van der Waals surface area contributed by atoms with Crippen molar-refractivity contribution < 1.29 is 9.42 Å². The van der Waals surface area contributed by atoms with E-state index in [1.54, 1.807) is 13.1 Å². The number of aromatic amines is 1. The highest BCUT2D eigenvalue weighted by atomic mass is 16.6. The van der Waals surface area contributed by atoms with Gasteiger partial charge in [0.25, 0.3) is 5.91 Å². The van der Waals surface area contributed by atoms with Crippen LogP contribution in [0.15, 0.2) is 10.8 Å². The molecule has 2 aromatic heterocycles. The number of hydrogen-bond acceptors (Lipinski definition) is 6. The van der Waals surface area contributed by atoms with Crippen LogP contribution in [0.1, 0.15) is 16.1 Å². The lowest BCUT2D eigenvalue weighted by Crippen LogP contribution is -2.15. The number of anilines is 2. The Morgan fingerprint density at radius 2 is 2.40 bits per heavy atom. The molecule has 0 aromatic carbocycles. The molecule has 0 bridgehead atoms. The molecule has 0 radical (unpaired) electrons. The van der Waals surface area contributed by atoms with E-state index >= 15 is 0 Å². The summed E-state index contributed by atoms with van der Waals surface area (Å²) in [5, 5.41) is 15.6. The van der Waals surface area contributed by atoms with E-state index in [0.29, 0.717) is 5.82 Å². The molecule has 0 saturated heterocycles. The second kappa shape index (κ2) is 3.40. The van der Waals surface area contributed by atoms with Crippen LogP contribution in [0.4, 0.5) is 11.6 Å². The van der Waals surface area contributed by atoms with Crippen molar-refractivity contribution in [2.45, 2.75) is 6.92 Å². The fraction of sp³-hybridized carbons (Fsp3) is 0.143. The summed E-state index contributed by atoms with van der Waals surface area (Å²) in [7, 11) is 0. The van der Waals surface area contributed by atoms with Gasteiger partial charge in [-0.25, -0.2) is 4.63 Å². The van der Waals surface area contributed by atoms with Gasteiger partial charge >= 0.3 is 0 Å². The molecule has 0 saturated carbocycles. The van der Waals surface area contributed by atoms with Crippen LogP contribution >= 0.6 is 0 Å². The van der Waals surface area contributed by atoms with Crippen molar-refractivity contribution in [3.63, 3.8) is 0 Å². The van der Waals surface area contributed by atoms with E-state index in [-0.39, 0.29) is 11.5 Å². The number of aromatic nitrogens is 4. The minimum absolute atomic E-state index is 0.0512. The van der Waals surface area contributed by atoms with Crippen molar-refractivity contribution in [1.82, 2.24) is 20.5 Å². The smallest absolute Gasteiger partial charge is 0.282 e. The van der Waals surface area contributed by atoms with Crippen molar-refractivity contribution in [3.8, 4) is 0 Å². The molecule has 0 spiro atoms. The molecule has 2 heterocycles. The number of nitrogens with two attached hydrogens (primary N) is 1. The first kappa shape index (κ1) is 9.19. The largest absolute Gasteiger partial charge is 0.379 e. The number of nitrogens with zero attached hydrogens (tertiary/aromatic N) is 3. The van der Waals surface area contributed by atoms with Crippen molar-refractivity contribution in [2.24, 2.45) is 0 Å². The van der Waals surface area contributed by atoms with Crippen LogP contribution in [0.25, 0.3) is 0 Å². The third-order valence-electron chi connectivity index (χ3n) is 1.80. The van der Waals surface area contributed by atoms with Gasteiger partial charge in [0.2, 0.25) is 11.5 Å². The SMILES string of the molecule is Cc1cn[nH]c1NC(=O)c1nonc1N. The molecular formula is C7H8N6O2. The normalized spacial score (nSPS) is 10.2. The van der Waals surface area contributed by atoms with Gasteiger partial charge in [-0.1, -0.05) is 0 Å². The molecule has 0 aliphatic carbocycles. The third-order valence-corrected chi connectivity index (χ3v) is 1.80. The molecule has 15 heavy (non-hydrogen) atoms. The van der Waals surface area contributed by atoms with Gasteiger partial charge in [0.1, 0.15) is 5.82 Å². The van der Waals surface area contributed by atoms with Gasteiger partial charge in [0.15, 0.2) is 0 Å². The number of carbonyl (C=O) groups is 1. The zero-order valence-electron chi connectivity index (χ0n) is 7.81. The highest BCUT2D eigenvalue weighted by molar-refractivity contribution is 6.05. The number of nitrogens with one attached hydrogen (secondary N) is 2. The summed E-state index contributed by atoms with van der Waals surface area (Å²) in [6, 6.07) is 0. The zero-order chi connectivity index (χ0) is 10.8. The molecule has 2 aromatic rings. The van der Waals surface area contributed by atoms with Gasteiger partial charge in [-0.2, -0.15) is 5.10 Å². The van der Waals surface area contributed by atoms with E-state index in [0.717, 1.165) is 5.56 Å². The molecule has 0 unspecified atom stereocenters. The van der Waals surface area contributed by atoms with E-state index in [9.17, 15) is 4.79 Å². The minimum atomic E-state index is -0.499. The van der Waals surface area contributed by atoms with Crippen molar-refractivity contribution in [1.29, 1.82) is 0 Å². The fourth-order valence-electron chi connectivity index (χ4n) is 0.999. The van der Waals surface area contributed by atoms with Gasteiger partial charge in [-0.15, -0.1) is 0 Å². The molecule has 1 amide bonds. The number of H-pyrrole nitrogens is 1. The molecule has 0 atom stereocenters. The lowest BCUT2D eigenvalue weighted by atomic mass is 10.3. The van der Waals surface area contributed by atoms with E-state index in [2.05, 4.69) is 30.5 Å². The molecule has 2 rings (SSSR count). The summed E-state index contributed by atoms with van der Waals surface area (Å²) in [5.41, 5.74) is 6.11. The Labute approximate surface area is 83.8 Å². The van der Waals surface area contributed by atoms with Crippen molar-refractivity contribution >= 4 is 17.5 Å². The molecule has 0 fully saturated rings. The predicted molar refractivity (Wildman–Crippen MR) is 50.0 cm³/mol. The summed E-state index contributed by atoms with van der Waals surface area (Å²) in [5.74, 6) is -0.0619. The number of aryl methyl sites for hydroxylation is 1. The Morgan fingerprint density at radius 3 is 2.93 bits per heavy atom. The van der Waals surface area contributed by atoms with Gasteiger partial charge in [0, 0.05) is 5.56 Å². The first-order chi connectivity index (χ1) is 7.18. The summed E-state index contributed by atoms with van der Waals surface area (Å²) in [6.07, 6.45) is 1.58. The molecule has 78 valence electrons. The predicted octanol–water partition coefficient (Wildman–Crippen LogP) is -0.0644. The summed E-state index contributed by atoms with van der Waals surface area (Å²) in [6.45, 7) is 1.80. The Kier molecular flexibility index (Phi) is 2.08. The average Bonchev–Trinajstić information content (AvgIpc) is 2.76. The molecule has 0 aliphatic rings. The molecule has 0 aliphatic heterocycles. The molecule has 8 nitrogen and oxygen atoms in total. The lowest BCUT2D eigenvalue weighted by Gasteiger charge is -1.99. The minimum Gasteiger partial charge on any atom is -0.379 e. The van der Waals surface area contributed by atoms with Crippen LogP contribution in [-0.4, -0.2) is 26.4 Å². The Bertz CT molecular complexity index is 487. The van der Waals surface area contributed by atoms with Gasteiger partial charge in [-0.05, 0) is 17.2 Å². The number of carbonyl (C=O) groups excluding carboxylic acids is 1. The standard InChI is InChI=1S/C7H8N6O2/c1-3-2-9-11-6(3)10-7(14)4-5(8)13-15-12-4/h2H,1H3,(H2,8,13)(H2,9,10,11,14). The topological polar surface area (TPSA) is 123 Å². The zero-order valence-corrected chi connectivity index (χ0v) is 7.81. The molecule has 4 N–H and O–H groups in total. The second-order valence-electron chi connectivity index (χ2n) is 2.88. The number of hydrogen-bond donors (Lipinski definition) is 3. The van der Waals surface area contributed by atoms with Crippen LogP contribution < -0.4 is 11.1 Å². The quantitative estimate of drug-likeness (QED) is 0.635. The van der Waals surface area contributed by atoms with Gasteiger partial charge < -0.3 is 11.1 Å². The summed E-state index contributed by atoms with van der Waals surface area (Å²) in [4.78, 5) is 11.5. The monoisotopic (exact) mass is 208 g/mol. The maximum atomic E-state index is 11.5. The molecule has 8 heteroatoms. The van der Waals surface area contributed by atoms with Crippen LogP contribution in [-0.2, 0) is 0 Å². The Balaban J connectivity index is 2.18. The fourth-order valence-corrected chi connectivity index (χ4v) is 0.999. The molecular weight excluding hydrogens is 200 g/mol. The first-order valence-corrected chi connectivity index (χ1v) is 4.08. The highest BCUT2D eigenvalue weighted by Crippen LogP contribution is 2.11. The van der Waals surface area contributed by atoms with Crippen LogP contribution in [0.5, 0.6) is 0 Å². The van der Waals surface area contributed by atoms with E-state index in [1.165, 1.54) is 0 Å². The van der Waals surface area contributed by atoms with Crippen molar-refractivity contribution in [3.05, 3.63) is 17.5 Å². The van der Waals surface area contributed by atoms with Gasteiger partial charge in [-0.3, -0.25) is 9.89 Å². The summed E-state index contributed by atoms with van der Waals surface area (Å²) >= 11 is 0. The van der Waals surface area contributed by atoms with Gasteiger partial charge in [0.05, 0.1) is 6.20 Å². The summed E-state index contributed by atoms with van der Waals surface area (Å²) < 4.78 is 4.30. The maximum Gasteiger partial charge on any atom is 0.282 e. The average molecular weight is 208 g/mol. The third kappa shape index (κ3) is 1.64. The number of rotatable bonds is 2. The van der Waals surface area contributed by atoms with Crippen LogP contribution in [0, 0.1) is 6.92 Å². The van der Waals surface area contributed by atoms with E-state index in [1.807, 2.05) is 0 Å². The Morgan fingerprint density at radius 1 is 1.60 bits per heavy atom. The van der Waals surface area contributed by atoms with E-state index < -0.39 is 5.91 Å².